The molecule has 2 amide bonds. The number of piperazine rings is 1. The molecule has 0 atom stereocenters. The first-order chi connectivity index (χ1) is 16.1. The Balaban J connectivity index is 1.22. The van der Waals surface area contributed by atoms with Crippen molar-refractivity contribution in [1.29, 1.82) is 0 Å². The first-order valence-electron chi connectivity index (χ1n) is 11.2. The minimum absolute atomic E-state index is 0.0113. The summed E-state index contributed by atoms with van der Waals surface area (Å²) in [4.78, 5) is 29.3. The Morgan fingerprint density at radius 3 is 2.30 bits per heavy atom. The van der Waals surface area contributed by atoms with Crippen LogP contribution in [0.2, 0.25) is 0 Å². The van der Waals surface area contributed by atoms with Crippen LogP contribution in [0.25, 0.3) is 0 Å². The van der Waals surface area contributed by atoms with Crippen LogP contribution >= 0.6 is 11.8 Å². The molecule has 0 saturated carbocycles. The maximum absolute atomic E-state index is 12.9. The third-order valence-electron chi connectivity index (χ3n) is 5.69. The smallest absolute Gasteiger partial charge is 0.253 e. The fourth-order valence-electron chi connectivity index (χ4n) is 3.90. The van der Waals surface area contributed by atoms with E-state index in [0.717, 1.165) is 48.7 Å². The van der Waals surface area contributed by atoms with E-state index in [1.54, 1.807) is 11.8 Å². The van der Waals surface area contributed by atoms with Crippen molar-refractivity contribution in [3.05, 3.63) is 95.6 Å². The predicted molar refractivity (Wildman–Crippen MR) is 137 cm³/mol. The molecular formula is C27H29N3O2S. The Kier molecular flexibility index (Phi) is 7.68. The van der Waals surface area contributed by atoms with Crippen LogP contribution in [0.4, 0.5) is 11.4 Å². The number of carbonyl (C=O) groups excluding carboxylic acids is 2. The number of thioether (sulfide) groups is 1. The van der Waals surface area contributed by atoms with Gasteiger partial charge in [0.1, 0.15) is 0 Å². The fraction of sp³-hybridized carbons (Fsp3) is 0.259. The molecule has 3 aromatic rings. The third kappa shape index (κ3) is 6.39. The highest BCUT2D eigenvalue weighted by Gasteiger charge is 2.22. The second-order valence-corrected chi connectivity index (χ2v) is 9.21. The maximum Gasteiger partial charge on any atom is 0.253 e. The van der Waals surface area contributed by atoms with Crippen molar-refractivity contribution in [2.75, 3.05) is 42.1 Å². The largest absolute Gasteiger partial charge is 0.368 e. The number of hydrogen-bond acceptors (Lipinski definition) is 4. The van der Waals surface area contributed by atoms with Crippen molar-refractivity contribution in [1.82, 2.24) is 4.90 Å². The maximum atomic E-state index is 12.9. The Hall–Kier alpha value is -3.25. The van der Waals surface area contributed by atoms with E-state index < -0.39 is 0 Å². The molecule has 33 heavy (non-hydrogen) atoms. The molecule has 0 aromatic heterocycles. The Bertz CT molecular complexity index is 1080. The Morgan fingerprint density at radius 1 is 0.879 bits per heavy atom. The minimum Gasteiger partial charge on any atom is -0.368 e. The lowest BCUT2D eigenvalue weighted by Crippen LogP contribution is -2.48. The van der Waals surface area contributed by atoms with Gasteiger partial charge in [-0.25, -0.2) is 0 Å². The van der Waals surface area contributed by atoms with Crippen LogP contribution in [0.15, 0.2) is 78.9 Å². The predicted octanol–water partition coefficient (Wildman–Crippen LogP) is 4.83. The second kappa shape index (κ2) is 11.1. The number of hydrogen-bond donors (Lipinski definition) is 1. The first-order valence-corrected chi connectivity index (χ1v) is 12.4. The topological polar surface area (TPSA) is 52.7 Å². The molecule has 6 heteroatoms. The normalized spacial score (nSPS) is 13.6. The zero-order valence-corrected chi connectivity index (χ0v) is 19.7. The van der Waals surface area contributed by atoms with Gasteiger partial charge in [0.05, 0.1) is 5.75 Å². The lowest BCUT2D eigenvalue weighted by atomic mass is 10.1. The van der Waals surface area contributed by atoms with E-state index in [9.17, 15) is 9.59 Å². The average Bonchev–Trinajstić information content (AvgIpc) is 2.85. The molecule has 0 bridgehead atoms. The molecule has 170 valence electrons. The third-order valence-corrected chi connectivity index (χ3v) is 6.70. The summed E-state index contributed by atoms with van der Waals surface area (Å²) in [6.45, 7) is 5.23. The van der Waals surface area contributed by atoms with Crippen LogP contribution in [0.5, 0.6) is 0 Å². The van der Waals surface area contributed by atoms with Crippen LogP contribution in [0, 0.1) is 6.92 Å². The van der Waals surface area contributed by atoms with Gasteiger partial charge in [0.25, 0.3) is 5.91 Å². The Morgan fingerprint density at radius 2 is 1.61 bits per heavy atom. The molecule has 4 rings (SSSR count). The molecular weight excluding hydrogens is 430 g/mol. The highest BCUT2D eigenvalue weighted by atomic mass is 32.2. The number of aryl methyl sites for hydroxylation is 1. The van der Waals surface area contributed by atoms with Gasteiger partial charge in [0, 0.05) is 48.9 Å². The Labute approximate surface area is 199 Å². The lowest BCUT2D eigenvalue weighted by Gasteiger charge is -2.36. The highest BCUT2D eigenvalue weighted by Crippen LogP contribution is 2.19. The van der Waals surface area contributed by atoms with Gasteiger partial charge in [0.15, 0.2) is 0 Å². The molecule has 1 aliphatic rings. The molecule has 0 radical (unpaired) electrons. The zero-order chi connectivity index (χ0) is 23.0. The van der Waals surface area contributed by atoms with Gasteiger partial charge in [-0.2, -0.15) is 0 Å². The summed E-state index contributed by atoms with van der Waals surface area (Å²) in [6, 6.07) is 25.7. The van der Waals surface area contributed by atoms with Gasteiger partial charge >= 0.3 is 0 Å². The number of rotatable bonds is 7. The number of anilines is 2. The molecule has 5 nitrogen and oxygen atoms in total. The molecule has 1 fully saturated rings. The summed E-state index contributed by atoms with van der Waals surface area (Å²) in [5, 5.41) is 2.89. The number of nitrogens with one attached hydrogen (secondary N) is 1. The number of benzene rings is 3. The summed E-state index contributed by atoms with van der Waals surface area (Å²) in [5.74, 6) is 1.19. The van der Waals surface area contributed by atoms with E-state index in [0.29, 0.717) is 5.75 Å². The standard InChI is InChI=1S/C27H29N3O2S/c1-21-6-5-9-25(18-21)29-14-16-30(17-15-29)27(32)23-12-10-22(11-13-23)19-33-20-26(31)28-24-7-3-2-4-8-24/h2-13,18H,14-17,19-20H2,1H3,(H,28,31). The van der Waals surface area contributed by atoms with E-state index in [2.05, 4.69) is 41.4 Å². The summed E-state index contributed by atoms with van der Waals surface area (Å²) in [7, 11) is 0. The van der Waals surface area contributed by atoms with E-state index in [1.165, 1.54) is 11.3 Å². The average molecular weight is 460 g/mol. The number of nitrogens with zero attached hydrogens (tertiary/aromatic N) is 2. The number of amides is 2. The van der Waals surface area contributed by atoms with Gasteiger partial charge < -0.3 is 15.1 Å². The van der Waals surface area contributed by atoms with Crippen molar-refractivity contribution < 1.29 is 9.59 Å². The summed E-state index contributed by atoms with van der Waals surface area (Å²) in [5.41, 5.74) is 5.11. The molecule has 1 aliphatic heterocycles. The summed E-state index contributed by atoms with van der Waals surface area (Å²) in [6.07, 6.45) is 0. The van der Waals surface area contributed by atoms with Crippen LogP contribution in [-0.4, -0.2) is 48.6 Å². The van der Waals surface area contributed by atoms with Crippen molar-refractivity contribution in [3.63, 3.8) is 0 Å². The van der Waals surface area contributed by atoms with Crippen molar-refractivity contribution in [3.8, 4) is 0 Å². The van der Waals surface area contributed by atoms with Crippen molar-refractivity contribution >= 4 is 35.0 Å². The van der Waals surface area contributed by atoms with E-state index in [-0.39, 0.29) is 11.8 Å². The quantitative estimate of drug-likeness (QED) is 0.550. The number of para-hydroxylation sites is 1. The van der Waals surface area contributed by atoms with Gasteiger partial charge in [-0.15, -0.1) is 11.8 Å². The van der Waals surface area contributed by atoms with Gasteiger partial charge in [-0.3, -0.25) is 9.59 Å². The molecule has 0 spiro atoms. The van der Waals surface area contributed by atoms with E-state index in [4.69, 9.17) is 0 Å². The monoisotopic (exact) mass is 459 g/mol. The van der Waals surface area contributed by atoms with Crippen LogP contribution < -0.4 is 10.2 Å². The summed E-state index contributed by atoms with van der Waals surface area (Å²) >= 11 is 1.56. The van der Waals surface area contributed by atoms with E-state index in [1.807, 2.05) is 59.5 Å². The molecule has 0 unspecified atom stereocenters. The van der Waals surface area contributed by atoms with Gasteiger partial charge in [-0.05, 0) is 54.4 Å². The first kappa shape index (κ1) is 22.9. The molecule has 1 heterocycles. The fourth-order valence-corrected chi connectivity index (χ4v) is 4.69. The molecule has 1 N–H and O–H groups in total. The second-order valence-electron chi connectivity index (χ2n) is 8.22. The van der Waals surface area contributed by atoms with Crippen molar-refractivity contribution in [2.45, 2.75) is 12.7 Å². The van der Waals surface area contributed by atoms with Gasteiger partial charge in [-0.1, -0.05) is 42.5 Å². The van der Waals surface area contributed by atoms with Crippen LogP contribution in [0.1, 0.15) is 21.5 Å². The SMILES string of the molecule is Cc1cccc(N2CCN(C(=O)c3ccc(CSCC(=O)Nc4ccccc4)cc3)CC2)c1. The molecule has 0 aliphatic carbocycles. The van der Waals surface area contributed by atoms with Crippen LogP contribution in [0.3, 0.4) is 0 Å². The highest BCUT2D eigenvalue weighted by molar-refractivity contribution is 7.99. The number of carbonyl (C=O) groups is 2. The lowest BCUT2D eigenvalue weighted by molar-refractivity contribution is -0.113. The molecule has 3 aromatic carbocycles. The molecule has 1 saturated heterocycles. The van der Waals surface area contributed by atoms with Crippen LogP contribution in [-0.2, 0) is 10.5 Å². The summed E-state index contributed by atoms with van der Waals surface area (Å²) < 4.78 is 0. The zero-order valence-electron chi connectivity index (χ0n) is 18.9. The van der Waals surface area contributed by atoms with Crippen molar-refractivity contribution in [2.24, 2.45) is 0 Å². The van der Waals surface area contributed by atoms with E-state index >= 15 is 0 Å². The van der Waals surface area contributed by atoms with Gasteiger partial charge in [0.2, 0.25) is 5.91 Å². The minimum atomic E-state index is -0.0113.